The van der Waals surface area contributed by atoms with Crippen LogP contribution in [0.15, 0.2) is 21.1 Å². The molecule has 0 unspecified atom stereocenters. The molecule has 0 aliphatic heterocycles. The maximum atomic E-state index is 5.65. The topological polar surface area (TPSA) is 44.5 Å². The van der Waals surface area contributed by atoms with E-state index in [1.54, 1.807) is 0 Å². The molecule has 0 spiro atoms. The Balaban J connectivity index is 2.53. The smallest absolute Gasteiger partial charge is 0.147 e. The first-order valence-electron chi connectivity index (χ1n) is 5.57. The summed E-state index contributed by atoms with van der Waals surface area (Å²) < 4.78 is 12.8. The predicted octanol–water partition coefficient (Wildman–Crippen LogP) is 3.48. The van der Waals surface area contributed by atoms with Crippen LogP contribution in [0.4, 0.5) is 0 Å². The second kappa shape index (κ2) is 8.08. The first-order chi connectivity index (χ1) is 8.19. The van der Waals surface area contributed by atoms with E-state index in [-0.39, 0.29) is 0 Å². The molecular formula is C12H17Br2NO2. The highest BCUT2D eigenvalue weighted by molar-refractivity contribution is 9.11. The van der Waals surface area contributed by atoms with E-state index < -0.39 is 0 Å². The van der Waals surface area contributed by atoms with Gasteiger partial charge in [-0.25, -0.2) is 0 Å². The van der Waals surface area contributed by atoms with E-state index >= 15 is 0 Å². The van der Waals surface area contributed by atoms with Crippen LogP contribution >= 0.6 is 31.9 Å². The van der Waals surface area contributed by atoms with Gasteiger partial charge in [0.05, 0.1) is 15.6 Å². The third-order valence-electron chi connectivity index (χ3n) is 2.12. The highest BCUT2D eigenvalue weighted by atomic mass is 79.9. The van der Waals surface area contributed by atoms with Crippen LogP contribution < -0.4 is 10.5 Å². The summed E-state index contributed by atoms with van der Waals surface area (Å²) in [6.45, 7) is 4.51. The molecule has 17 heavy (non-hydrogen) atoms. The lowest BCUT2D eigenvalue weighted by Gasteiger charge is -2.11. The normalized spacial score (nSPS) is 10.6. The van der Waals surface area contributed by atoms with Crippen molar-refractivity contribution in [3.05, 3.63) is 26.6 Å². The third-order valence-corrected chi connectivity index (χ3v) is 3.29. The molecule has 0 aliphatic carbocycles. The van der Waals surface area contributed by atoms with Crippen molar-refractivity contribution in [2.75, 3.05) is 19.8 Å². The van der Waals surface area contributed by atoms with E-state index in [1.165, 1.54) is 0 Å². The minimum Gasteiger partial charge on any atom is -0.489 e. The van der Waals surface area contributed by atoms with Crippen LogP contribution in [0, 0.1) is 0 Å². The fourth-order valence-corrected chi connectivity index (χ4v) is 2.83. The molecule has 0 bridgehead atoms. The van der Waals surface area contributed by atoms with Gasteiger partial charge in [0.15, 0.2) is 0 Å². The number of ether oxygens (including phenoxy) is 2. The van der Waals surface area contributed by atoms with Gasteiger partial charge in [0.2, 0.25) is 0 Å². The lowest BCUT2D eigenvalue weighted by molar-refractivity contribution is 0.100. The predicted molar refractivity (Wildman–Crippen MR) is 76.3 cm³/mol. The molecule has 3 nitrogen and oxygen atoms in total. The van der Waals surface area contributed by atoms with E-state index in [4.69, 9.17) is 15.2 Å². The monoisotopic (exact) mass is 365 g/mol. The summed E-state index contributed by atoms with van der Waals surface area (Å²) in [7, 11) is 0. The second-order valence-electron chi connectivity index (χ2n) is 3.55. The van der Waals surface area contributed by atoms with Gasteiger partial charge >= 0.3 is 0 Å². The Morgan fingerprint density at radius 3 is 2.29 bits per heavy atom. The van der Waals surface area contributed by atoms with Gasteiger partial charge in [-0.05, 0) is 56.0 Å². The molecule has 0 aliphatic rings. The third kappa shape index (κ3) is 4.95. The molecule has 0 saturated heterocycles. The molecule has 5 heteroatoms. The molecule has 0 radical (unpaired) electrons. The van der Waals surface area contributed by atoms with Crippen LogP contribution in [-0.2, 0) is 11.3 Å². The van der Waals surface area contributed by atoms with E-state index in [9.17, 15) is 0 Å². The van der Waals surface area contributed by atoms with Crippen molar-refractivity contribution in [3.8, 4) is 5.75 Å². The largest absolute Gasteiger partial charge is 0.489 e. The highest BCUT2D eigenvalue weighted by Crippen LogP contribution is 2.34. The zero-order chi connectivity index (χ0) is 12.7. The van der Waals surface area contributed by atoms with Gasteiger partial charge < -0.3 is 15.2 Å². The zero-order valence-corrected chi connectivity index (χ0v) is 13.0. The van der Waals surface area contributed by atoms with Gasteiger partial charge in [0.25, 0.3) is 0 Å². The summed E-state index contributed by atoms with van der Waals surface area (Å²) in [5, 5.41) is 0. The van der Waals surface area contributed by atoms with Crippen LogP contribution in [-0.4, -0.2) is 19.8 Å². The van der Waals surface area contributed by atoms with E-state index in [1.807, 2.05) is 12.1 Å². The van der Waals surface area contributed by atoms with Gasteiger partial charge in [-0.1, -0.05) is 6.92 Å². The van der Waals surface area contributed by atoms with E-state index in [0.717, 1.165) is 33.3 Å². The Hall–Kier alpha value is -0.100. The first kappa shape index (κ1) is 15.0. The maximum Gasteiger partial charge on any atom is 0.147 e. The van der Waals surface area contributed by atoms with Crippen molar-refractivity contribution in [2.45, 2.75) is 19.9 Å². The molecule has 0 amide bonds. The fourth-order valence-electron chi connectivity index (χ4n) is 1.32. The number of benzene rings is 1. The summed E-state index contributed by atoms with van der Waals surface area (Å²) in [4.78, 5) is 0. The van der Waals surface area contributed by atoms with Gasteiger partial charge in [-0.3, -0.25) is 0 Å². The molecule has 0 fully saturated rings. The summed E-state index contributed by atoms with van der Waals surface area (Å²) in [6.07, 6.45) is 1.03. The van der Waals surface area contributed by atoms with Crippen molar-refractivity contribution in [1.29, 1.82) is 0 Å². The summed E-state index contributed by atoms with van der Waals surface area (Å²) >= 11 is 6.94. The van der Waals surface area contributed by atoms with Crippen LogP contribution in [0.25, 0.3) is 0 Å². The first-order valence-corrected chi connectivity index (χ1v) is 7.16. The number of hydrogen-bond donors (Lipinski definition) is 1. The number of rotatable bonds is 7. The van der Waals surface area contributed by atoms with E-state index in [2.05, 4.69) is 38.8 Å². The molecule has 0 atom stereocenters. The standard InChI is InChI=1S/C12H17Br2NO2/c1-2-3-16-4-5-17-12-10(13)6-9(8-15)7-11(12)14/h6-7H,2-5,8,15H2,1H3. The van der Waals surface area contributed by atoms with Gasteiger partial charge in [-0.15, -0.1) is 0 Å². The van der Waals surface area contributed by atoms with Crippen molar-refractivity contribution < 1.29 is 9.47 Å². The second-order valence-corrected chi connectivity index (χ2v) is 5.26. The zero-order valence-electron chi connectivity index (χ0n) is 9.84. The van der Waals surface area contributed by atoms with Gasteiger partial charge in [-0.2, -0.15) is 0 Å². The summed E-state index contributed by atoms with van der Waals surface area (Å²) in [6, 6.07) is 3.93. The highest BCUT2D eigenvalue weighted by Gasteiger charge is 2.08. The van der Waals surface area contributed by atoms with Crippen LogP contribution in [0.3, 0.4) is 0 Å². The lowest BCUT2D eigenvalue weighted by Crippen LogP contribution is -2.08. The molecule has 1 aromatic rings. The Labute approximate surface area is 119 Å². The molecule has 1 rings (SSSR count). The molecule has 0 aromatic heterocycles. The van der Waals surface area contributed by atoms with Crippen LogP contribution in [0.1, 0.15) is 18.9 Å². The molecular weight excluding hydrogens is 350 g/mol. The molecule has 0 heterocycles. The maximum absolute atomic E-state index is 5.65. The van der Waals surface area contributed by atoms with Crippen molar-refractivity contribution in [1.82, 2.24) is 0 Å². The SMILES string of the molecule is CCCOCCOc1c(Br)cc(CN)cc1Br. The van der Waals surface area contributed by atoms with E-state index in [0.29, 0.717) is 19.8 Å². The molecule has 1 aromatic carbocycles. The Kier molecular flexibility index (Phi) is 7.11. The average molecular weight is 367 g/mol. The number of hydrogen-bond acceptors (Lipinski definition) is 3. The summed E-state index contributed by atoms with van der Waals surface area (Å²) in [5.74, 6) is 0.794. The lowest BCUT2D eigenvalue weighted by atomic mass is 10.2. The van der Waals surface area contributed by atoms with Gasteiger partial charge in [0.1, 0.15) is 12.4 Å². The van der Waals surface area contributed by atoms with Gasteiger partial charge in [0, 0.05) is 13.2 Å². The molecule has 96 valence electrons. The van der Waals surface area contributed by atoms with Crippen LogP contribution in [0.5, 0.6) is 5.75 Å². The summed E-state index contributed by atoms with van der Waals surface area (Å²) in [5.41, 5.74) is 6.64. The minimum atomic E-state index is 0.511. The Morgan fingerprint density at radius 1 is 1.12 bits per heavy atom. The molecule has 0 saturated carbocycles. The van der Waals surface area contributed by atoms with Crippen molar-refractivity contribution in [3.63, 3.8) is 0 Å². The quantitative estimate of drug-likeness (QED) is 0.751. The minimum absolute atomic E-state index is 0.511. The van der Waals surface area contributed by atoms with Crippen molar-refractivity contribution >= 4 is 31.9 Å². The van der Waals surface area contributed by atoms with Crippen molar-refractivity contribution in [2.24, 2.45) is 5.73 Å². The molecule has 2 N–H and O–H groups in total. The number of halogens is 2. The Bertz CT molecular complexity index is 335. The average Bonchev–Trinajstić information content (AvgIpc) is 2.31. The number of nitrogens with two attached hydrogens (primary N) is 1. The fraction of sp³-hybridized carbons (Fsp3) is 0.500. The van der Waals surface area contributed by atoms with Crippen LogP contribution in [0.2, 0.25) is 0 Å². The Morgan fingerprint density at radius 2 is 1.76 bits per heavy atom.